The van der Waals surface area contributed by atoms with Crippen molar-refractivity contribution in [3.8, 4) is 0 Å². The first-order valence-corrected chi connectivity index (χ1v) is 8.58. The molecule has 0 saturated carbocycles. The molecule has 0 saturated heterocycles. The summed E-state index contributed by atoms with van der Waals surface area (Å²) in [6.07, 6.45) is 0.0483. The van der Waals surface area contributed by atoms with Crippen LogP contribution < -0.4 is 10.2 Å². The van der Waals surface area contributed by atoms with E-state index < -0.39 is 27.8 Å². The van der Waals surface area contributed by atoms with Crippen LogP contribution in [-0.2, 0) is 21.2 Å². The average Bonchev–Trinajstić information content (AvgIpc) is 2.56. The molecule has 8 heteroatoms. The number of carbonyl (C=O) groups is 1. The average molecular weight is 352 g/mol. The van der Waals surface area contributed by atoms with Crippen molar-refractivity contribution in [1.29, 1.82) is 0 Å². The Kier molecular flexibility index (Phi) is 5.66. The second-order valence-corrected chi connectivity index (χ2v) is 6.96. The molecule has 24 heavy (non-hydrogen) atoms. The fourth-order valence-electron chi connectivity index (χ4n) is 2.16. The molecule has 0 bridgehead atoms. The van der Waals surface area contributed by atoms with Gasteiger partial charge in [-0.3, -0.25) is 10.0 Å². The van der Waals surface area contributed by atoms with E-state index in [1.165, 1.54) is 18.5 Å². The normalized spacial score (nSPS) is 12.6. The summed E-state index contributed by atoms with van der Waals surface area (Å²) in [6, 6.07) is 10.9. The number of nitrogens with one attached hydrogen (secondary N) is 2. The van der Waals surface area contributed by atoms with E-state index in [4.69, 9.17) is 5.21 Å². The van der Waals surface area contributed by atoms with Crippen molar-refractivity contribution in [3.63, 3.8) is 0 Å². The monoisotopic (exact) mass is 352 g/mol. The summed E-state index contributed by atoms with van der Waals surface area (Å²) in [6.45, 7) is 1.44. The first-order valence-electron chi connectivity index (χ1n) is 7.10. The number of benzene rings is 2. The third-order valence-electron chi connectivity index (χ3n) is 3.45. The highest BCUT2D eigenvalue weighted by molar-refractivity contribution is 7.89. The molecule has 0 fully saturated rings. The van der Waals surface area contributed by atoms with Gasteiger partial charge in [-0.05, 0) is 42.7 Å². The molecule has 6 nitrogen and oxygen atoms in total. The van der Waals surface area contributed by atoms with E-state index >= 15 is 0 Å². The predicted octanol–water partition coefficient (Wildman–Crippen LogP) is 1.53. The lowest BCUT2D eigenvalue weighted by atomic mass is 10.1. The summed E-state index contributed by atoms with van der Waals surface area (Å²) in [5, 5.41) is 8.85. The molecule has 1 amide bonds. The molecule has 0 heterocycles. The van der Waals surface area contributed by atoms with Crippen LogP contribution in [0.4, 0.5) is 4.39 Å². The van der Waals surface area contributed by atoms with Gasteiger partial charge in [0.25, 0.3) is 5.91 Å². The summed E-state index contributed by atoms with van der Waals surface area (Å²) in [5.41, 5.74) is 2.34. The molecular formula is C16H17FN2O4S. The van der Waals surface area contributed by atoms with Crippen LogP contribution in [0.25, 0.3) is 0 Å². The molecule has 0 aliphatic rings. The zero-order chi connectivity index (χ0) is 17.7. The minimum Gasteiger partial charge on any atom is -0.289 e. The molecule has 2 rings (SSSR count). The molecule has 2 aromatic carbocycles. The molecule has 1 unspecified atom stereocenters. The Balaban J connectivity index is 2.27. The van der Waals surface area contributed by atoms with E-state index in [-0.39, 0.29) is 16.9 Å². The van der Waals surface area contributed by atoms with Gasteiger partial charge in [0.05, 0.1) is 4.90 Å². The second-order valence-electron chi connectivity index (χ2n) is 5.25. The van der Waals surface area contributed by atoms with Gasteiger partial charge in [0.1, 0.15) is 11.9 Å². The number of amides is 1. The van der Waals surface area contributed by atoms with Crippen molar-refractivity contribution in [3.05, 3.63) is 65.5 Å². The van der Waals surface area contributed by atoms with Crippen LogP contribution in [0.5, 0.6) is 0 Å². The maximum atomic E-state index is 13.3. The topological polar surface area (TPSA) is 95.5 Å². The molecule has 0 aliphatic heterocycles. The number of carbonyl (C=O) groups excluding carboxylic acids is 1. The summed E-state index contributed by atoms with van der Waals surface area (Å²) in [5.74, 6) is -1.41. The van der Waals surface area contributed by atoms with Crippen LogP contribution in [0.2, 0.25) is 0 Å². The van der Waals surface area contributed by atoms with Crippen molar-refractivity contribution in [2.24, 2.45) is 0 Å². The van der Waals surface area contributed by atoms with E-state index in [1.807, 2.05) is 0 Å². The highest BCUT2D eigenvalue weighted by atomic mass is 32.2. The molecule has 3 N–H and O–H groups in total. The summed E-state index contributed by atoms with van der Waals surface area (Å²) in [4.78, 5) is 11.6. The van der Waals surface area contributed by atoms with Crippen LogP contribution in [0.15, 0.2) is 53.4 Å². The van der Waals surface area contributed by atoms with Crippen molar-refractivity contribution < 1.29 is 22.8 Å². The number of halogens is 1. The van der Waals surface area contributed by atoms with E-state index in [0.717, 1.165) is 12.1 Å². The van der Waals surface area contributed by atoms with Crippen molar-refractivity contribution >= 4 is 15.9 Å². The van der Waals surface area contributed by atoms with Crippen molar-refractivity contribution in [2.75, 3.05) is 0 Å². The summed E-state index contributed by atoms with van der Waals surface area (Å²) < 4.78 is 40.4. The van der Waals surface area contributed by atoms with Crippen LogP contribution in [0.1, 0.15) is 11.1 Å². The van der Waals surface area contributed by atoms with Gasteiger partial charge in [-0.1, -0.05) is 30.3 Å². The number of hydroxylamine groups is 1. The lowest BCUT2D eigenvalue weighted by Gasteiger charge is -2.17. The minimum absolute atomic E-state index is 0.0483. The van der Waals surface area contributed by atoms with Gasteiger partial charge in [-0.2, -0.15) is 4.72 Å². The number of hydrogen-bond donors (Lipinski definition) is 3. The lowest BCUT2D eigenvalue weighted by molar-refractivity contribution is -0.130. The van der Waals surface area contributed by atoms with Crippen LogP contribution in [-0.4, -0.2) is 25.6 Å². The molecule has 2 aromatic rings. The number of sulfonamides is 1. The zero-order valence-electron chi connectivity index (χ0n) is 12.9. The fourth-order valence-corrected chi connectivity index (χ4v) is 3.44. The van der Waals surface area contributed by atoms with E-state index in [0.29, 0.717) is 5.56 Å². The SMILES string of the molecule is Cc1cc(S(=O)(=O)NC(Cc2ccccc2)C(=O)NO)ccc1F. The van der Waals surface area contributed by atoms with Gasteiger partial charge in [0, 0.05) is 0 Å². The van der Waals surface area contributed by atoms with Gasteiger partial charge in [0.2, 0.25) is 10.0 Å². The molecule has 0 aromatic heterocycles. The molecule has 1 atom stereocenters. The standard InChI is InChI=1S/C16H17FN2O4S/c1-11-9-13(7-8-14(11)17)24(22,23)19-15(16(20)18-21)10-12-5-3-2-4-6-12/h2-9,15,19,21H,10H2,1H3,(H,18,20). The Bertz CT molecular complexity index is 825. The number of aryl methyl sites for hydroxylation is 1. The molecule has 128 valence electrons. The Hall–Kier alpha value is -2.29. The van der Waals surface area contributed by atoms with Crippen LogP contribution in [0.3, 0.4) is 0 Å². The first-order chi connectivity index (χ1) is 11.3. The van der Waals surface area contributed by atoms with Gasteiger partial charge < -0.3 is 0 Å². The second kappa shape index (κ2) is 7.52. The molecule has 0 aliphatic carbocycles. The van der Waals surface area contributed by atoms with Gasteiger partial charge in [0.15, 0.2) is 0 Å². The summed E-state index contributed by atoms with van der Waals surface area (Å²) >= 11 is 0. The van der Waals surface area contributed by atoms with E-state index in [1.54, 1.807) is 30.3 Å². The Morgan fingerprint density at radius 1 is 1.21 bits per heavy atom. The van der Waals surface area contributed by atoms with E-state index in [9.17, 15) is 17.6 Å². The van der Waals surface area contributed by atoms with Gasteiger partial charge in [-0.15, -0.1) is 0 Å². The third-order valence-corrected chi connectivity index (χ3v) is 4.92. The molecule has 0 spiro atoms. The predicted molar refractivity (Wildman–Crippen MR) is 85.3 cm³/mol. The third kappa shape index (κ3) is 4.38. The maximum absolute atomic E-state index is 13.3. The van der Waals surface area contributed by atoms with E-state index in [2.05, 4.69) is 4.72 Å². The largest absolute Gasteiger partial charge is 0.289 e. The fraction of sp³-hybridized carbons (Fsp3) is 0.188. The number of rotatable bonds is 6. The number of hydrogen-bond acceptors (Lipinski definition) is 4. The lowest BCUT2D eigenvalue weighted by Crippen LogP contribution is -2.47. The van der Waals surface area contributed by atoms with Gasteiger partial charge in [-0.25, -0.2) is 18.3 Å². The Labute approximate surface area is 139 Å². The quantitative estimate of drug-likeness (QED) is 0.543. The zero-order valence-corrected chi connectivity index (χ0v) is 13.7. The van der Waals surface area contributed by atoms with Crippen LogP contribution >= 0.6 is 0 Å². The maximum Gasteiger partial charge on any atom is 0.261 e. The highest BCUT2D eigenvalue weighted by Crippen LogP contribution is 2.15. The molecule has 0 radical (unpaired) electrons. The van der Waals surface area contributed by atoms with Gasteiger partial charge >= 0.3 is 0 Å². The minimum atomic E-state index is -4.06. The highest BCUT2D eigenvalue weighted by Gasteiger charge is 2.26. The van der Waals surface area contributed by atoms with Crippen molar-refractivity contribution in [2.45, 2.75) is 24.3 Å². The smallest absolute Gasteiger partial charge is 0.261 e. The Morgan fingerprint density at radius 3 is 2.46 bits per heavy atom. The van der Waals surface area contributed by atoms with Crippen molar-refractivity contribution in [1.82, 2.24) is 10.2 Å². The first kappa shape index (κ1) is 18.1. The molecular weight excluding hydrogens is 335 g/mol. The summed E-state index contributed by atoms with van der Waals surface area (Å²) in [7, 11) is -4.06. The van der Waals surface area contributed by atoms with Crippen LogP contribution in [0, 0.1) is 12.7 Å². The Morgan fingerprint density at radius 2 is 1.88 bits per heavy atom.